The van der Waals surface area contributed by atoms with Gasteiger partial charge in [-0.25, -0.2) is 4.79 Å². The van der Waals surface area contributed by atoms with E-state index in [1.807, 2.05) is 42.6 Å². The van der Waals surface area contributed by atoms with Gasteiger partial charge in [0, 0.05) is 18.0 Å². The highest BCUT2D eigenvalue weighted by Crippen LogP contribution is 2.29. The van der Waals surface area contributed by atoms with Crippen molar-refractivity contribution in [3.05, 3.63) is 65.5 Å². The molecule has 6 heteroatoms. The van der Waals surface area contributed by atoms with Crippen LogP contribution in [0.1, 0.15) is 35.3 Å². The number of rotatable bonds is 7. The molecule has 0 N–H and O–H groups in total. The number of benzene rings is 1. The van der Waals surface area contributed by atoms with Gasteiger partial charge in [-0.2, -0.15) is 5.26 Å². The lowest BCUT2D eigenvalue weighted by atomic mass is 10.2. The highest BCUT2D eigenvalue weighted by molar-refractivity contribution is 5.90. The van der Waals surface area contributed by atoms with Crippen LogP contribution in [-0.2, 0) is 11.3 Å². The first-order chi connectivity index (χ1) is 13.2. The van der Waals surface area contributed by atoms with E-state index in [9.17, 15) is 10.1 Å². The van der Waals surface area contributed by atoms with Crippen molar-refractivity contribution >= 4 is 11.5 Å². The van der Waals surface area contributed by atoms with Crippen LogP contribution < -0.4 is 9.47 Å². The van der Waals surface area contributed by atoms with E-state index in [4.69, 9.17) is 14.2 Å². The summed E-state index contributed by atoms with van der Waals surface area (Å²) in [5, 5.41) is 9.43. The molecule has 0 unspecified atom stereocenters. The fourth-order valence-corrected chi connectivity index (χ4v) is 2.82. The number of hydrogen-bond donors (Lipinski definition) is 0. The van der Waals surface area contributed by atoms with Crippen molar-refractivity contribution in [2.45, 2.75) is 20.5 Å². The third kappa shape index (κ3) is 3.87. The molecule has 0 aliphatic rings. The SMILES string of the molecule is CCOc1ccc(C(=O)OCc2cn3ccccc3c2C#N)cc1OCC. The van der Waals surface area contributed by atoms with Crippen LogP contribution in [0.25, 0.3) is 5.52 Å². The maximum Gasteiger partial charge on any atom is 0.338 e. The summed E-state index contributed by atoms with van der Waals surface area (Å²) in [5.41, 5.74) is 2.31. The quantitative estimate of drug-likeness (QED) is 0.593. The summed E-state index contributed by atoms with van der Waals surface area (Å²) in [5.74, 6) is 0.598. The van der Waals surface area contributed by atoms with Crippen LogP contribution in [0.2, 0.25) is 0 Å². The molecule has 0 radical (unpaired) electrons. The first-order valence-electron chi connectivity index (χ1n) is 8.73. The molecular weight excluding hydrogens is 344 g/mol. The van der Waals surface area contributed by atoms with E-state index in [0.29, 0.717) is 41.4 Å². The molecule has 3 rings (SSSR count). The Kier molecular flexibility index (Phi) is 5.62. The van der Waals surface area contributed by atoms with Crippen LogP contribution >= 0.6 is 0 Å². The van der Waals surface area contributed by atoms with Crippen LogP contribution in [0.5, 0.6) is 11.5 Å². The summed E-state index contributed by atoms with van der Waals surface area (Å²) in [6.45, 7) is 4.72. The predicted molar refractivity (Wildman–Crippen MR) is 100 cm³/mol. The Hall–Kier alpha value is -3.46. The number of nitrogens with zero attached hydrogens (tertiary/aromatic N) is 2. The van der Waals surface area contributed by atoms with Gasteiger partial charge in [-0.3, -0.25) is 0 Å². The van der Waals surface area contributed by atoms with Crippen molar-refractivity contribution in [2.24, 2.45) is 0 Å². The predicted octanol–water partition coefficient (Wildman–Crippen LogP) is 3.97. The van der Waals surface area contributed by atoms with E-state index in [-0.39, 0.29) is 6.61 Å². The van der Waals surface area contributed by atoms with Gasteiger partial charge in [0.1, 0.15) is 12.7 Å². The van der Waals surface area contributed by atoms with Crippen LogP contribution in [0.4, 0.5) is 0 Å². The molecule has 0 fully saturated rings. The van der Waals surface area contributed by atoms with Crippen LogP contribution in [-0.4, -0.2) is 23.6 Å². The average molecular weight is 364 g/mol. The van der Waals surface area contributed by atoms with Gasteiger partial charge in [-0.15, -0.1) is 0 Å². The van der Waals surface area contributed by atoms with Gasteiger partial charge in [-0.1, -0.05) is 6.07 Å². The third-order valence-corrected chi connectivity index (χ3v) is 4.01. The summed E-state index contributed by atoms with van der Waals surface area (Å²) >= 11 is 0. The van der Waals surface area contributed by atoms with Crippen molar-refractivity contribution in [1.29, 1.82) is 5.26 Å². The molecule has 0 spiro atoms. The largest absolute Gasteiger partial charge is 0.490 e. The Balaban J connectivity index is 1.78. The summed E-state index contributed by atoms with van der Waals surface area (Å²) in [7, 11) is 0. The smallest absolute Gasteiger partial charge is 0.338 e. The van der Waals surface area contributed by atoms with E-state index in [2.05, 4.69) is 6.07 Å². The summed E-state index contributed by atoms with van der Waals surface area (Å²) in [4.78, 5) is 12.5. The molecule has 0 bridgehead atoms. The van der Waals surface area contributed by atoms with Gasteiger partial charge < -0.3 is 18.6 Å². The topological polar surface area (TPSA) is 73.0 Å². The summed E-state index contributed by atoms with van der Waals surface area (Å²) in [6.07, 6.45) is 3.65. The van der Waals surface area contributed by atoms with E-state index >= 15 is 0 Å². The Morgan fingerprint density at radius 3 is 2.63 bits per heavy atom. The normalized spacial score (nSPS) is 10.4. The Morgan fingerprint density at radius 2 is 1.89 bits per heavy atom. The van der Waals surface area contributed by atoms with Gasteiger partial charge in [0.15, 0.2) is 11.5 Å². The molecule has 3 aromatic rings. The van der Waals surface area contributed by atoms with Gasteiger partial charge in [0.25, 0.3) is 0 Å². The molecule has 6 nitrogen and oxygen atoms in total. The number of carbonyl (C=O) groups is 1. The molecule has 0 aliphatic heterocycles. The van der Waals surface area contributed by atoms with Crippen LogP contribution in [0, 0.1) is 11.3 Å². The second-order valence-corrected chi connectivity index (χ2v) is 5.74. The minimum Gasteiger partial charge on any atom is -0.490 e. The molecule has 0 saturated carbocycles. The number of aromatic nitrogens is 1. The Labute approximate surface area is 157 Å². The molecule has 1 aromatic carbocycles. The van der Waals surface area contributed by atoms with E-state index in [1.165, 1.54) is 0 Å². The molecule has 27 heavy (non-hydrogen) atoms. The standard InChI is InChI=1S/C21H20N2O4/c1-3-25-19-9-8-15(11-20(19)26-4-2)21(24)27-14-16-13-23-10-6-5-7-18(23)17(16)12-22/h5-11,13H,3-4,14H2,1-2H3. The number of ether oxygens (including phenoxy) is 3. The molecule has 0 atom stereocenters. The van der Waals surface area contributed by atoms with Gasteiger partial charge in [0.2, 0.25) is 0 Å². The summed E-state index contributed by atoms with van der Waals surface area (Å²) in [6, 6.07) is 12.7. The van der Waals surface area contributed by atoms with E-state index in [0.717, 1.165) is 5.52 Å². The molecule has 2 aromatic heterocycles. The molecule has 0 aliphatic carbocycles. The molecule has 2 heterocycles. The van der Waals surface area contributed by atoms with Gasteiger partial charge >= 0.3 is 5.97 Å². The zero-order valence-corrected chi connectivity index (χ0v) is 15.3. The number of nitriles is 1. The monoisotopic (exact) mass is 364 g/mol. The zero-order valence-electron chi connectivity index (χ0n) is 15.3. The van der Waals surface area contributed by atoms with Crippen LogP contribution in [0.15, 0.2) is 48.8 Å². The zero-order chi connectivity index (χ0) is 19.2. The number of carbonyl (C=O) groups excluding carboxylic acids is 1. The second-order valence-electron chi connectivity index (χ2n) is 5.74. The first kappa shape index (κ1) is 18.3. The second kappa shape index (κ2) is 8.28. The van der Waals surface area contributed by atoms with E-state index < -0.39 is 5.97 Å². The molecule has 138 valence electrons. The lowest BCUT2D eigenvalue weighted by Crippen LogP contribution is -2.07. The Morgan fingerprint density at radius 1 is 1.11 bits per heavy atom. The number of esters is 1. The summed E-state index contributed by atoms with van der Waals surface area (Å²) < 4.78 is 18.3. The molecule has 0 amide bonds. The highest BCUT2D eigenvalue weighted by Gasteiger charge is 2.15. The Bertz CT molecular complexity index is 1000. The maximum atomic E-state index is 12.5. The first-order valence-corrected chi connectivity index (χ1v) is 8.73. The van der Waals surface area contributed by atoms with Gasteiger partial charge in [0.05, 0.1) is 29.9 Å². The molecule has 0 saturated heterocycles. The fourth-order valence-electron chi connectivity index (χ4n) is 2.82. The lowest BCUT2D eigenvalue weighted by molar-refractivity contribution is 0.0472. The third-order valence-electron chi connectivity index (χ3n) is 4.01. The number of pyridine rings is 1. The number of hydrogen-bond acceptors (Lipinski definition) is 5. The lowest BCUT2D eigenvalue weighted by Gasteiger charge is -2.12. The highest BCUT2D eigenvalue weighted by atomic mass is 16.5. The maximum absolute atomic E-state index is 12.5. The van der Waals surface area contributed by atoms with Crippen molar-refractivity contribution in [3.8, 4) is 17.6 Å². The van der Waals surface area contributed by atoms with Gasteiger partial charge in [-0.05, 0) is 44.2 Å². The van der Waals surface area contributed by atoms with Crippen molar-refractivity contribution in [1.82, 2.24) is 4.40 Å². The average Bonchev–Trinajstić information content (AvgIpc) is 3.05. The van der Waals surface area contributed by atoms with E-state index in [1.54, 1.807) is 24.4 Å². The van der Waals surface area contributed by atoms with Crippen LogP contribution in [0.3, 0.4) is 0 Å². The minimum atomic E-state index is -0.488. The van der Waals surface area contributed by atoms with Crippen molar-refractivity contribution in [3.63, 3.8) is 0 Å². The number of fused-ring (bicyclic) bond motifs is 1. The minimum absolute atomic E-state index is 0.0145. The molecular formula is C21H20N2O4. The van der Waals surface area contributed by atoms with Crippen molar-refractivity contribution < 1.29 is 19.0 Å². The van der Waals surface area contributed by atoms with Crippen molar-refractivity contribution in [2.75, 3.05) is 13.2 Å². The fraction of sp³-hybridized carbons (Fsp3) is 0.238.